The lowest BCUT2D eigenvalue weighted by Crippen LogP contribution is -2.26. The minimum Gasteiger partial charge on any atom is -0.497 e. The number of fused-ring (bicyclic) bond motifs is 1. The molecule has 2 heterocycles. The van der Waals surface area contributed by atoms with Crippen LogP contribution >= 0.6 is 11.6 Å². The van der Waals surface area contributed by atoms with E-state index in [-0.39, 0.29) is 12.5 Å². The van der Waals surface area contributed by atoms with Gasteiger partial charge in [0, 0.05) is 34.7 Å². The third kappa shape index (κ3) is 4.44. The van der Waals surface area contributed by atoms with Gasteiger partial charge in [-0.15, -0.1) is 0 Å². The first kappa shape index (κ1) is 19.9. The van der Waals surface area contributed by atoms with Crippen LogP contribution in [0, 0.1) is 0 Å². The number of furan rings is 1. The molecule has 4 rings (SSSR count). The lowest BCUT2D eigenvalue weighted by molar-refractivity contribution is 0.0949. The van der Waals surface area contributed by atoms with E-state index in [1.54, 1.807) is 37.4 Å². The van der Waals surface area contributed by atoms with Crippen molar-refractivity contribution < 1.29 is 18.7 Å². The molecule has 0 radical (unpaired) electrons. The SMILES string of the molecule is COc1ccc2c(CCNC(=O)c3ccoc3COc3cccc(Cl)c3)c[nH]c2c1. The molecule has 2 aromatic carbocycles. The lowest BCUT2D eigenvalue weighted by Gasteiger charge is -2.08. The zero-order chi connectivity index (χ0) is 20.9. The highest BCUT2D eigenvalue weighted by Crippen LogP contribution is 2.23. The number of H-pyrrole nitrogens is 1. The lowest BCUT2D eigenvalue weighted by atomic mass is 10.1. The summed E-state index contributed by atoms with van der Waals surface area (Å²) < 4.78 is 16.4. The Balaban J connectivity index is 1.34. The van der Waals surface area contributed by atoms with Crippen LogP contribution in [0.1, 0.15) is 21.7 Å². The number of carbonyl (C=O) groups is 1. The third-order valence-electron chi connectivity index (χ3n) is 4.81. The molecule has 1 amide bonds. The summed E-state index contributed by atoms with van der Waals surface area (Å²) in [5.74, 6) is 1.68. The second-order valence-corrected chi connectivity index (χ2v) is 7.17. The smallest absolute Gasteiger partial charge is 0.254 e. The molecule has 0 aliphatic rings. The highest BCUT2D eigenvalue weighted by molar-refractivity contribution is 6.30. The van der Waals surface area contributed by atoms with Gasteiger partial charge in [0.1, 0.15) is 18.1 Å². The summed E-state index contributed by atoms with van der Waals surface area (Å²) in [5.41, 5.74) is 2.59. The normalized spacial score (nSPS) is 10.9. The van der Waals surface area contributed by atoms with E-state index in [4.69, 9.17) is 25.5 Å². The maximum Gasteiger partial charge on any atom is 0.254 e. The fourth-order valence-electron chi connectivity index (χ4n) is 3.27. The number of carbonyl (C=O) groups excluding carboxylic acids is 1. The molecule has 0 saturated heterocycles. The van der Waals surface area contributed by atoms with Gasteiger partial charge in [0.05, 0.1) is 18.9 Å². The van der Waals surface area contributed by atoms with Crippen molar-refractivity contribution in [2.75, 3.05) is 13.7 Å². The van der Waals surface area contributed by atoms with Gasteiger partial charge in [0.15, 0.2) is 5.76 Å². The van der Waals surface area contributed by atoms with Gasteiger partial charge >= 0.3 is 0 Å². The summed E-state index contributed by atoms with van der Waals surface area (Å²) in [6, 6.07) is 14.6. The third-order valence-corrected chi connectivity index (χ3v) is 5.05. The van der Waals surface area contributed by atoms with Crippen LogP contribution in [0.3, 0.4) is 0 Å². The number of methoxy groups -OCH3 is 1. The Kier molecular flexibility index (Phi) is 5.95. The molecule has 6 nitrogen and oxygen atoms in total. The summed E-state index contributed by atoms with van der Waals surface area (Å²) in [7, 11) is 1.64. The van der Waals surface area contributed by atoms with E-state index in [9.17, 15) is 4.79 Å². The van der Waals surface area contributed by atoms with Crippen LogP contribution in [0.5, 0.6) is 11.5 Å². The number of halogens is 1. The maximum atomic E-state index is 12.6. The number of benzene rings is 2. The fourth-order valence-corrected chi connectivity index (χ4v) is 3.45. The molecule has 0 saturated carbocycles. The first-order valence-corrected chi connectivity index (χ1v) is 9.89. The van der Waals surface area contributed by atoms with Gasteiger partial charge in [-0.3, -0.25) is 4.79 Å². The molecule has 4 aromatic rings. The molecule has 0 atom stereocenters. The Morgan fingerprint density at radius 1 is 1.17 bits per heavy atom. The van der Waals surface area contributed by atoms with Crippen LogP contribution in [-0.4, -0.2) is 24.5 Å². The van der Waals surface area contributed by atoms with E-state index in [2.05, 4.69) is 10.3 Å². The second kappa shape index (κ2) is 8.97. The van der Waals surface area contributed by atoms with Crippen molar-refractivity contribution in [2.45, 2.75) is 13.0 Å². The van der Waals surface area contributed by atoms with E-state index in [1.807, 2.05) is 24.4 Å². The van der Waals surface area contributed by atoms with Crippen LogP contribution in [0.4, 0.5) is 0 Å². The van der Waals surface area contributed by atoms with Gasteiger partial charge in [-0.05, 0) is 48.4 Å². The van der Waals surface area contributed by atoms with Gasteiger partial charge in [0.25, 0.3) is 5.91 Å². The number of hydrogen-bond donors (Lipinski definition) is 2. The standard InChI is InChI=1S/C23H21ClN2O4/c1-28-17-5-6-19-15(13-26-21(19)12-17)7-9-25-23(27)20-8-10-29-22(20)14-30-18-4-2-3-16(24)11-18/h2-6,8,10-13,26H,7,9,14H2,1H3,(H,25,27). The van der Waals surface area contributed by atoms with Crippen molar-refractivity contribution in [3.05, 3.63) is 82.9 Å². The van der Waals surface area contributed by atoms with E-state index in [0.717, 1.165) is 22.2 Å². The predicted octanol–water partition coefficient (Wildman–Crippen LogP) is 4.97. The average molecular weight is 425 g/mol. The minimum atomic E-state index is -0.199. The largest absolute Gasteiger partial charge is 0.497 e. The molecular weight excluding hydrogens is 404 g/mol. The molecule has 2 N–H and O–H groups in total. The molecule has 154 valence electrons. The van der Waals surface area contributed by atoms with Crippen LogP contribution in [-0.2, 0) is 13.0 Å². The highest BCUT2D eigenvalue weighted by Gasteiger charge is 2.15. The summed E-state index contributed by atoms with van der Waals surface area (Å²) in [6.45, 7) is 0.637. The molecule has 2 aromatic heterocycles. The molecule has 30 heavy (non-hydrogen) atoms. The van der Waals surface area contributed by atoms with Gasteiger partial charge in [-0.1, -0.05) is 17.7 Å². The molecule has 0 unspecified atom stereocenters. The summed E-state index contributed by atoms with van der Waals surface area (Å²) in [4.78, 5) is 15.8. The van der Waals surface area contributed by atoms with Gasteiger partial charge < -0.3 is 24.2 Å². The first-order chi connectivity index (χ1) is 14.6. The summed E-state index contributed by atoms with van der Waals surface area (Å²) >= 11 is 5.96. The average Bonchev–Trinajstić information content (AvgIpc) is 3.39. The highest BCUT2D eigenvalue weighted by atomic mass is 35.5. The van der Waals surface area contributed by atoms with Crippen molar-refractivity contribution in [3.63, 3.8) is 0 Å². The first-order valence-electron chi connectivity index (χ1n) is 9.51. The summed E-state index contributed by atoms with van der Waals surface area (Å²) in [6.07, 6.45) is 4.14. The van der Waals surface area contributed by atoms with Crippen LogP contribution in [0.2, 0.25) is 5.02 Å². The van der Waals surface area contributed by atoms with Gasteiger partial charge in [-0.25, -0.2) is 0 Å². The van der Waals surface area contributed by atoms with E-state index in [0.29, 0.717) is 35.1 Å². The minimum absolute atomic E-state index is 0.139. The topological polar surface area (TPSA) is 76.5 Å². The van der Waals surface area contributed by atoms with Crippen LogP contribution in [0.25, 0.3) is 10.9 Å². The van der Waals surface area contributed by atoms with Gasteiger partial charge in [0.2, 0.25) is 0 Å². The number of rotatable bonds is 8. The molecule has 0 bridgehead atoms. The zero-order valence-electron chi connectivity index (χ0n) is 16.4. The van der Waals surface area contributed by atoms with Crippen molar-refractivity contribution in [2.24, 2.45) is 0 Å². The van der Waals surface area contributed by atoms with Crippen molar-refractivity contribution >= 4 is 28.4 Å². The fraction of sp³-hybridized carbons (Fsp3) is 0.174. The Labute approximate surface area is 178 Å². The zero-order valence-corrected chi connectivity index (χ0v) is 17.2. The Hall–Kier alpha value is -3.38. The van der Waals surface area contributed by atoms with Crippen molar-refractivity contribution in [3.8, 4) is 11.5 Å². The number of aromatic amines is 1. The Morgan fingerprint density at radius 2 is 2.07 bits per heavy atom. The number of ether oxygens (including phenoxy) is 2. The Morgan fingerprint density at radius 3 is 2.90 bits per heavy atom. The molecule has 7 heteroatoms. The second-order valence-electron chi connectivity index (χ2n) is 6.73. The number of amides is 1. The van der Waals surface area contributed by atoms with Crippen LogP contribution < -0.4 is 14.8 Å². The molecular formula is C23H21ClN2O4. The van der Waals surface area contributed by atoms with Gasteiger partial charge in [-0.2, -0.15) is 0 Å². The monoisotopic (exact) mass is 424 g/mol. The Bertz CT molecular complexity index is 1160. The number of aromatic nitrogens is 1. The summed E-state index contributed by atoms with van der Waals surface area (Å²) in [5, 5.41) is 4.64. The molecule has 0 aliphatic carbocycles. The van der Waals surface area contributed by atoms with E-state index >= 15 is 0 Å². The maximum absolute atomic E-state index is 12.6. The quantitative estimate of drug-likeness (QED) is 0.418. The van der Waals surface area contributed by atoms with Crippen molar-refractivity contribution in [1.82, 2.24) is 10.3 Å². The van der Waals surface area contributed by atoms with E-state index in [1.165, 1.54) is 6.26 Å². The molecule has 0 fully saturated rings. The molecule has 0 aliphatic heterocycles. The number of hydrogen-bond acceptors (Lipinski definition) is 4. The van der Waals surface area contributed by atoms with Crippen molar-refractivity contribution in [1.29, 1.82) is 0 Å². The van der Waals surface area contributed by atoms with E-state index < -0.39 is 0 Å². The van der Waals surface area contributed by atoms with Crippen LogP contribution in [0.15, 0.2) is 65.4 Å². The number of nitrogens with one attached hydrogen (secondary N) is 2. The predicted molar refractivity (Wildman–Crippen MR) is 115 cm³/mol. The molecule has 0 spiro atoms.